The van der Waals surface area contributed by atoms with E-state index in [0.29, 0.717) is 12.2 Å². The molecule has 0 bridgehead atoms. The van der Waals surface area contributed by atoms with Crippen LogP contribution in [0.1, 0.15) is 35.4 Å². The predicted octanol–water partition coefficient (Wildman–Crippen LogP) is 2.11. The largest absolute Gasteiger partial charge is 0.347 e. The first-order valence-electron chi connectivity index (χ1n) is 9.74. The number of nitrogens with one attached hydrogen (secondary N) is 1. The molecule has 0 radical (unpaired) electrons. The number of benzene rings is 1. The van der Waals surface area contributed by atoms with E-state index >= 15 is 0 Å². The van der Waals surface area contributed by atoms with Crippen LogP contribution in [-0.4, -0.2) is 58.8 Å². The van der Waals surface area contributed by atoms with Gasteiger partial charge in [-0.2, -0.15) is 0 Å². The van der Waals surface area contributed by atoms with Crippen molar-refractivity contribution in [3.63, 3.8) is 0 Å². The minimum Gasteiger partial charge on any atom is -0.347 e. The smallest absolute Gasteiger partial charge is 0.273 e. The van der Waals surface area contributed by atoms with E-state index in [-0.39, 0.29) is 23.8 Å². The summed E-state index contributed by atoms with van der Waals surface area (Å²) in [4.78, 5) is 34.0. The van der Waals surface area contributed by atoms with E-state index in [1.165, 1.54) is 0 Å². The van der Waals surface area contributed by atoms with E-state index < -0.39 is 5.54 Å². The van der Waals surface area contributed by atoms with Crippen molar-refractivity contribution in [2.24, 2.45) is 5.92 Å². The zero-order valence-corrected chi connectivity index (χ0v) is 16.3. The van der Waals surface area contributed by atoms with Gasteiger partial charge in [0.15, 0.2) is 0 Å². The monoisotopic (exact) mass is 378 g/mol. The molecule has 1 aromatic carbocycles. The third-order valence-corrected chi connectivity index (χ3v) is 5.96. The van der Waals surface area contributed by atoms with E-state index in [0.717, 1.165) is 25.1 Å². The zero-order chi connectivity index (χ0) is 19.7. The van der Waals surface area contributed by atoms with Gasteiger partial charge in [-0.05, 0) is 37.7 Å². The number of aromatic nitrogens is 1. The molecule has 6 heteroatoms. The molecule has 2 saturated heterocycles. The Kier molecular flexibility index (Phi) is 4.89. The maximum absolute atomic E-state index is 13.4. The van der Waals surface area contributed by atoms with Crippen LogP contribution in [0.4, 0.5) is 0 Å². The van der Waals surface area contributed by atoms with E-state index in [2.05, 4.69) is 34.4 Å². The lowest BCUT2D eigenvalue weighted by Crippen LogP contribution is -2.63. The van der Waals surface area contributed by atoms with Gasteiger partial charge in [0.25, 0.3) is 5.91 Å². The molecule has 2 aromatic rings. The number of rotatable bonds is 3. The summed E-state index contributed by atoms with van der Waals surface area (Å²) in [5, 5.41) is 3.23. The Morgan fingerprint density at radius 2 is 1.86 bits per heavy atom. The molecule has 6 nitrogen and oxygen atoms in total. The quantitative estimate of drug-likeness (QED) is 0.888. The van der Waals surface area contributed by atoms with Crippen LogP contribution in [0, 0.1) is 5.92 Å². The summed E-state index contributed by atoms with van der Waals surface area (Å²) in [6.07, 6.45) is 2.56. The van der Waals surface area contributed by atoms with Crippen LogP contribution in [0.5, 0.6) is 0 Å². The number of amides is 2. The molecule has 146 valence electrons. The average molecular weight is 378 g/mol. The first kappa shape index (κ1) is 18.6. The number of fused-ring (bicyclic) bond motifs is 1. The third-order valence-electron chi connectivity index (χ3n) is 5.96. The van der Waals surface area contributed by atoms with Gasteiger partial charge in [-0.3, -0.25) is 14.6 Å². The van der Waals surface area contributed by atoms with Crippen LogP contribution in [-0.2, 0) is 4.79 Å². The molecule has 1 aromatic heterocycles. The molecule has 2 fully saturated rings. The fraction of sp³-hybridized carbons (Fsp3) is 0.409. The van der Waals surface area contributed by atoms with Gasteiger partial charge in [0, 0.05) is 32.1 Å². The van der Waals surface area contributed by atoms with Gasteiger partial charge in [-0.25, -0.2) is 0 Å². The van der Waals surface area contributed by atoms with Crippen molar-refractivity contribution in [2.45, 2.75) is 24.9 Å². The molecule has 2 amide bonds. The normalized spacial score (nSPS) is 27.3. The molecule has 4 rings (SSSR count). The second-order valence-corrected chi connectivity index (χ2v) is 7.97. The molecular weight excluding hydrogens is 352 g/mol. The summed E-state index contributed by atoms with van der Waals surface area (Å²) < 4.78 is 0. The van der Waals surface area contributed by atoms with Gasteiger partial charge in [0.2, 0.25) is 5.91 Å². The molecule has 3 atom stereocenters. The van der Waals surface area contributed by atoms with Gasteiger partial charge in [-0.15, -0.1) is 0 Å². The van der Waals surface area contributed by atoms with Crippen LogP contribution in [0.25, 0.3) is 0 Å². The van der Waals surface area contributed by atoms with Crippen molar-refractivity contribution >= 4 is 11.8 Å². The van der Waals surface area contributed by atoms with E-state index in [9.17, 15) is 9.59 Å². The topological polar surface area (TPSA) is 65.5 Å². The van der Waals surface area contributed by atoms with Crippen molar-refractivity contribution in [3.8, 4) is 0 Å². The number of pyridine rings is 1. The Morgan fingerprint density at radius 1 is 1.11 bits per heavy atom. The van der Waals surface area contributed by atoms with E-state index in [1.54, 1.807) is 19.2 Å². The summed E-state index contributed by atoms with van der Waals surface area (Å²) in [6, 6.07) is 15.5. The molecule has 1 N–H and O–H groups in total. The first-order valence-corrected chi connectivity index (χ1v) is 9.74. The maximum Gasteiger partial charge on any atom is 0.273 e. The van der Waals surface area contributed by atoms with Crippen LogP contribution >= 0.6 is 0 Å². The van der Waals surface area contributed by atoms with Crippen molar-refractivity contribution in [3.05, 3.63) is 66.0 Å². The Bertz CT molecular complexity index is 857. The third kappa shape index (κ3) is 3.29. The highest BCUT2D eigenvalue weighted by Gasteiger charge is 2.56. The molecule has 28 heavy (non-hydrogen) atoms. The summed E-state index contributed by atoms with van der Waals surface area (Å²) in [5.41, 5.74) is 1.09. The van der Waals surface area contributed by atoms with Gasteiger partial charge in [0.05, 0.1) is 11.6 Å². The first-order chi connectivity index (χ1) is 13.5. The Morgan fingerprint density at radius 3 is 2.54 bits per heavy atom. The molecule has 0 aliphatic carbocycles. The summed E-state index contributed by atoms with van der Waals surface area (Å²) in [5.74, 6) is 0.0122. The minimum absolute atomic E-state index is 0.0563. The maximum atomic E-state index is 13.4. The molecule has 2 aliphatic heterocycles. The number of carbonyl (C=O) groups is 2. The molecule has 0 spiro atoms. The van der Waals surface area contributed by atoms with Gasteiger partial charge in [0.1, 0.15) is 5.69 Å². The predicted molar refractivity (Wildman–Crippen MR) is 107 cm³/mol. The van der Waals surface area contributed by atoms with Gasteiger partial charge >= 0.3 is 0 Å². The lowest BCUT2D eigenvalue weighted by Gasteiger charge is -2.44. The van der Waals surface area contributed by atoms with Crippen LogP contribution < -0.4 is 5.32 Å². The molecule has 0 unspecified atom stereocenters. The highest BCUT2D eigenvalue weighted by Crippen LogP contribution is 2.47. The Hall–Kier alpha value is -2.73. The van der Waals surface area contributed by atoms with Gasteiger partial charge in [-0.1, -0.05) is 36.4 Å². The number of carbonyl (C=O) groups excluding carboxylic acids is 2. The number of likely N-dealkylation sites (N-methyl/N-ethyl adjacent to an activating group) is 1. The van der Waals surface area contributed by atoms with Gasteiger partial charge < -0.3 is 15.1 Å². The van der Waals surface area contributed by atoms with Crippen molar-refractivity contribution in [1.29, 1.82) is 0 Å². The lowest BCUT2D eigenvalue weighted by atomic mass is 9.76. The lowest BCUT2D eigenvalue weighted by molar-refractivity contribution is -0.122. The van der Waals surface area contributed by atoms with Crippen LogP contribution in [0.15, 0.2) is 54.7 Å². The number of piperidine rings is 1. The Labute approximate surface area is 165 Å². The minimum atomic E-state index is -0.455. The average Bonchev–Trinajstić information content (AvgIpc) is 3.01. The standard InChI is InChI=1S/C22H26N4O2/c1-16(27)24-22-14-25(2)13-11-18(22)20(17-8-4-3-5-9-17)26(15-22)21(28)19-10-6-7-12-23-19/h3-10,12,18,20H,11,13-15H2,1-2H3,(H,24,27)/t18-,20-,22-/m1/s1. The SMILES string of the molecule is CC(=O)N[C@@]12CN(C)CC[C@@H]1[C@@H](c1ccccc1)N(C(=O)c1ccccn1)C2. The molecule has 3 heterocycles. The van der Waals surface area contributed by atoms with E-state index in [1.807, 2.05) is 35.2 Å². The molecular formula is C22H26N4O2. The number of nitrogens with zero attached hydrogens (tertiary/aromatic N) is 3. The fourth-order valence-corrected chi connectivity index (χ4v) is 4.98. The Balaban J connectivity index is 1.79. The van der Waals surface area contributed by atoms with Crippen molar-refractivity contribution in [1.82, 2.24) is 20.1 Å². The van der Waals surface area contributed by atoms with Crippen molar-refractivity contribution in [2.75, 3.05) is 26.7 Å². The fourth-order valence-electron chi connectivity index (χ4n) is 4.98. The van der Waals surface area contributed by atoms with Crippen LogP contribution in [0.2, 0.25) is 0 Å². The molecule has 2 aliphatic rings. The molecule has 0 saturated carbocycles. The summed E-state index contributed by atoms with van der Waals surface area (Å²) in [6.45, 7) is 3.71. The number of likely N-dealkylation sites (tertiary alicyclic amines) is 2. The van der Waals surface area contributed by atoms with Crippen molar-refractivity contribution < 1.29 is 9.59 Å². The number of hydrogen-bond donors (Lipinski definition) is 1. The highest BCUT2D eigenvalue weighted by atomic mass is 16.2. The summed E-state index contributed by atoms with van der Waals surface area (Å²) >= 11 is 0. The van der Waals surface area contributed by atoms with Crippen LogP contribution in [0.3, 0.4) is 0 Å². The van der Waals surface area contributed by atoms with E-state index in [4.69, 9.17) is 0 Å². The second-order valence-electron chi connectivity index (χ2n) is 7.97. The number of hydrogen-bond acceptors (Lipinski definition) is 4. The zero-order valence-electron chi connectivity index (χ0n) is 16.3. The highest BCUT2D eigenvalue weighted by molar-refractivity contribution is 5.93. The summed E-state index contributed by atoms with van der Waals surface area (Å²) in [7, 11) is 2.07. The second kappa shape index (κ2) is 7.36.